The van der Waals surface area contributed by atoms with Crippen molar-refractivity contribution in [2.75, 3.05) is 0 Å². The summed E-state index contributed by atoms with van der Waals surface area (Å²) in [4.78, 5) is 0. The highest BCUT2D eigenvalue weighted by atomic mass is 16.3. The molecular formula is C13H26O. The van der Waals surface area contributed by atoms with Crippen LogP contribution in [0.3, 0.4) is 0 Å². The van der Waals surface area contributed by atoms with E-state index in [0.29, 0.717) is 16.7 Å². The van der Waals surface area contributed by atoms with Crippen molar-refractivity contribution >= 4 is 0 Å². The zero-order valence-corrected chi connectivity index (χ0v) is 10.4. The van der Waals surface area contributed by atoms with E-state index in [4.69, 9.17) is 0 Å². The first-order valence-corrected chi connectivity index (χ1v) is 6.03. The Morgan fingerprint density at radius 2 is 1.57 bits per heavy atom. The molecule has 0 bridgehead atoms. The van der Waals surface area contributed by atoms with E-state index in [1.807, 2.05) is 0 Å². The fraction of sp³-hybridized carbons (Fsp3) is 1.00. The van der Waals surface area contributed by atoms with E-state index in [9.17, 15) is 5.11 Å². The summed E-state index contributed by atoms with van der Waals surface area (Å²) in [5, 5.41) is 10.1. The van der Waals surface area contributed by atoms with Gasteiger partial charge in [0.15, 0.2) is 0 Å². The van der Waals surface area contributed by atoms with E-state index in [0.717, 1.165) is 6.42 Å². The number of rotatable bonds is 5. The van der Waals surface area contributed by atoms with E-state index in [1.54, 1.807) is 0 Å². The lowest BCUT2D eigenvalue weighted by Crippen LogP contribution is -2.14. The van der Waals surface area contributed by atoms with Gasteiger partial charge >= 0.3 is 0 Å². The number of hydrogen-bond acceptors (Lipinski definition) is 1. The van der Waals surface area contributed by atoms with Crippen molar-refractivity contribution in [3.8, 4) is 0 Å². The summed E-state index contributed by atoms with van der Waals surface area (Å²) in [5.41, 5.74) is 0.664. The molecule has 0 heterocycles. The molecule has 1 fully saturated rings. The summed E-state index contributed by atoms with van der Waals surface area (Å²) in [6, 6.07) is 0. The minimum absolute atomic E-state index is 0.0773. The molecular weight excluding hydrogens is 172 g/mol. The summed E-state index contributed by atoms with van der Waals surface area (Å²) in [7, 11) is 0. The third-order valence-electron chi connectivity index (χ3n) is 4.62. The van der Waals surface area contributed by atoms with Gasteiger partial charge in [0.2, 0.25) is 0 Å². The second-order valence-corrected chi connectivity index (χ2v) is 5.98. The Hall–Kier alpha value is -0.0400. The number of hydrogen-bond donors (Lipinski definition) is 1. The van der Waals surface area contributed by atoms with Crippen molar-refractivity contribution in [1.82, 2.24) is 0 Å². The molecule has 0 aliphatic heterocycles. The van der Waals surface area contributed by atoms with Gasteiger partial charge in [0.1, 0.15) is 0 Å². The molecule has 0 aromatic rings. The maximum Gasteiger partial charge on any atom is 0.0579 e. The predicted octanol–water partition coefficient (Wildman–Crippen LogP) is 3.61. The maximum atomic E-state index is 10.1. The van der Waals surface area contributed by atoms with Crippen molar-refractivity contribution in [3.05, 3.63) is 0 Å². The smallest absolute Gasteiger partial charge is 0.0579 e. The van der Waals surface area contributed by atoms with Crippen molar-refractivity contribution in [2.24, 2.45) is 16.7 Å². The van der Waals surface area contributed by atoms with Gasteiger partial charge in [0.25, 0.3) is 0 Å². The van der Waals surface area contributed by atoms with Crippen LogP contribution in [0.15, 0.2) is 0 Å². The molecule has 0 saturated heterocycles. The highest BCUT2D eigenvalue weighted by molar-refractivity contribution is 5.14. The molecule has 0 radical (unpaired) electrons. The quantitative estimate of drug-likeness (QED) is 0.669. The fourth-order valence-corrected chi connectivity index (χ4v) is 2.98. The first kappa shape index (κ1) is 12.0. The van der Waals surface area contributed by atoms with E-state index < -0.39 is 0 Å². The minimum Gasteiger partial charge on any atom is -0.393 e. The summed E-state index contributed by atoms with van der Waals surface area (Å²) < 4.78 is 0. The van der Waals surface area contributed by atoms with Gasteiger partial charge < -0.3 is 5.11 Å². The fourth-order valence-electron chi connectivity index (χ4n) is 2.98. The lowest BCUT2D eigenvalue weighted by molar-refractivity contribution is 0.117. The van der Waals surface area contributed by atoms with Crippen molar-refractivity contribution in [1.29, 1.82) is 0 Å². The Labute approximate surface area is 88.9 Å². The third-order valence-corrected chi connectivity index (χ3v) is 4.62. The van der Waals surface area contributed by atoms with E-state index in [2.05, 4.69) is 34.6 Å². The van der Waals surface area contributed by atoms with E-state index >= 15 is 0 Å². The maximum absolute atomic E-state index is 10.1. The van der Waals surface area contributed by atoms with Crippen LogP contribution in [0.2, 0.25) is 0 Å². The van der Waals surface area contributed by atoms with Crippen LogP contribution in [-0.2, 0) is 0 Å². The first-order chi connectivity index (χ1) is 6.35. The monoisotopic (exact) mass is 198 g/mol. The molecule has 1 heteroatoms. The van der Waals surface area contributed by atoms with Crippen LogP contribution >= 0.6 is 0 Å². The van der Waals surface area contributed by atoms with E-state index in [-0.39, 0.29) is 6.10 Å². The average molecular weight is 198 g/mol. The summed E-state index contributed by atoms with van der Waals surface area (Å²) in [6.07, 6.45) is 4.59. The van der Waals surface area contributed by atoms with Crippen molar-refractivity contribution in [2.45, 2.75) is 66.4 Å². The number of aliphatic hydroxyl groups is 1. The molecule has 1 N–H and O–H groups in total. The highest BCUT2D eigenvalue weighted by Crippen LogP contribution is 2.70. The molecule has 1 nitrogen and oxygen atoms in total. The minimum atomic E-state index is -0.0773. The molecule has 84 valence electrons. The van der Waals surface area contributed by atoms with Gasteiger partial charge in [-0.25, -0.2) is 0 Å². The Bertz CT molecular complexity index is 179. The van der Waals surface area contributed by atoms with Gasteiger partial charge in [-0.15, -0.1) is 0 Å². The number of aliphatic hydroxyl groups excluding tert-OH is 1. The molecule has 1 unspecified atom stereocenters. The second-order valence-electron chi connectivity index (χ2n) is 5.98. The predicted molar refractivity (Wildman–Crippen MR) is 61.2 cm³/mol. The lowest BCUT2D eigenvalue weighted by Gasteiger charge is -2.11. The van der Waals surface area contributed by atoms with Crippen LogP contribution in [-0.4, -0.2) is 11.2 Å². The van der Waals surface area contributed by atoms with Gasteiger partial charge in [0, 0.05) is 0 Å². The van der Waals surface area contributed by atoms with Crippen LogP contribution < -0.4 is 0 Å². The lowest BCUT2D eigenvalue weighted by atomic mass is 10.0. The van der Waals surface area contributed by atoms with Gasteiger partial charge in [-0.05, 0) is 23.2 Å². The van der Waals surface area contributed by atoms with Gasteiger partial charge in [0.05, 0.1) is 6.10 Å². The molecule has 0 amide bonds. The van der Waals surface area contributed by atoms with Crippen LogP contribution in [0.5, 0.6) is 0 Å². The molecule has 1 aliphatic carbocycles. The zero-order valence-electron chi connectivity index (χ0n) is 10.4. The van der Waals surface area contributed by atoms with Crippen LogP contribution in [0, 0.1) is 16.7 Å². The van der Waals surface area contributed by atoms with Gasteiger partial charge in [-0.3, -0.25) is 0 Å². The molecule has 1 aliphatic rings. The topological polar surface area (TPSA) is 20.2 Å². The molecule has 1 atom stereocenters. The van der Waals surface area contributed by atoms with Crippen LogP contribution in [0.25, 0.3) is 0 Å². The number of unbranched alkanes of at least 4 members (excludes halogenated alkanes) is 2. The molecule has 14 heavy (non-hydrogen) atoms. The van der Waals surface area contributed by atoms with Gasteiger partial charge in [-0.1, -0.05) is 53.9 Å². The normalized spacial score (nSPS) is 26.1. The molecule has 1 saturated carbocycles. The summed E-state index contributed by atoms with van der Waals surface area (Å²) in [6.45, 7) is 11.3. The molecule has 0 aromatic heterocycles. The van der Waals surface area contributed by atoms with Crippen LogP contribution in [0.4, 0.5) is 0 Å². The molecule has 1 rings (SSSR count). The Kier molecular flexibility index (Phi) is 3.30. The standard InChI is InChI=1S/C13H26O/c1-6-7-8-9-10(14)11-12(2,3)13(11,4)5/h10-11,14H,6-9H2,1-5H3. The average Bonchev–Trinajstić information content (AvgIpc) is 2.43. The Balaban J connectivity index is 2.37. The van der Waals surface area contributed by atoms with Crippen LogP contribution in [0.1, 0.15) is 60.3 Å². The largest absolute Gasteiger partial charge is 0.393 e. The van der Waals surface area contributed by atoms with E-state index in [1.165, 1.54) is 19.3 Å². The third kappa shape index (κ3) is 1.84. The van der Waals surface area contributed by atoms with Crippen molar-refractivity contribution in [3.63, 3.8) is 0 Å². The molecule has 0 aromatic carbocycles. The Morgan fingerprint density at radius 1 is 1.07 bits per heavy atom. The first-order valence-electron chi connectivity index (χ1n) is 6.03. The van der Waals surface area contributed by atoms with Crippen molar-refractivity contribution < 1.29 is 5.11 Å². The zero-order chi connectivity index (χ0) is 11.0. The SMILES string of the molecule is CCCCCC(O)C1C(C)(C)C1(C)C. The Morgan fingerprint density at radius 3 is 1.93 bits per heavy atom. The molecule has 0 spiro atoms. The highest BCUT2D eigenvalue weighted by Gasteiger charge is 2.66. The second kappa shape index (κ2) is 3.84. The van der Waals surface area contributed by atoms with Gasteiger partial charge in [-0.2, -0.15) is 0 Å². The summed E-state index contributed by atoms with van der Waals surface area (Å²) in [5.74, 6) is 0.506. The summed E-state index contributed by atoms with van der Waals surface area (Å²) >= 11 is 0.